The van der Waals surface area contributed by atoms with E-state index in [2.05, 4.69) is 47.2 Å². The van der Waals surface area contributed by atoms with Crippen LogP contribution in [0.2, 0.25) is 0 Å². The van der Waals surface area contributed by atoms with Crippen LogP contribution in [0.5, 0.6) is 0 Å². The van der Waals surface area contributed by atoms with Crippen molar-refractivity contribution in [2.75, 3.05) is 6.61 Å². The van der Waals surface area contributed by atoms with Gasteiger partial charge in [-0.3, -0.25) is 0 Å². The molecule has 0 bridgehead atoms. The Balaban J connectivity index is 1.57. The summed E-state index contributed by atoms with van der Waals surface area (Å²) in [7, 11) is 0. The predicted octanol–water partition coefficient (Wildman–Crippen LogP) is 4.44. The largest absolute Gasteiger partial charge is 0.457 e. The second kappa shape index (κ2) is 7.26. The summed E-state index contributed by atoms with van der Waals surface area (Å²) in [5.74, 6) is 0. The smallest absolute Gasteiger partial charge is 0.417 e. The molecule has 0 amide bonds. The van der Waals surface area contributed by atoms with Gasteiger partial charge in [-0.15, -0.1) is 0 Å². The zero-order valence-corrected chi connectivity index (χ0v) is 12.8. The molecule has 0 heterocycles. The maximum absolute atomic E-state index is 9.93. The molecule has 2 aromatic carbocycles. The Morgan fingerprint density at radius 3 is 2.64 bits per heavy atom. The van der Waals surface area contributed by atoms with E-state index in [1.165, 1.54) is 47.1 Å². The van der Waals surface area contributed by atoms with Crippen LogP contribution in [-0.2, 0) is 22.4 Å². The molecular weight excluding hydrogens is 272 g/mol. The van der Waals surface area contributed by atoms with Crippen molar-refractivity contribution in [3.8, 4) is 11.1 Å². The van der Waals surface area contributed by atoms with Crippen LogP contribution in [0.15, 0.2) is 42.5 Å². The number of carbonyl (C=O) groups excluding carboxylic acids is 1. The quantitative estimate of drug-likeness (QED) is 0.574. The van der Waals surface area contributed by atoms with Crippen LogP contribution in [0.25, 0.3) is 11.1 Å². The lowest BCUT2D eigenvalue weighted by Gasteiger charge is -2.08. The number of ether oxygens (including phenoxy) is 1. The second-order valence-electron chi connectivity index (χ2n) is 5.87. The Hall–Kier alpha value is -2.09. The number of hydrogen-bond donors (Lipinski definition) is 0. The lowest BCUT2D eigenvalue weighted by atomic mass is 9.97. The van der Waals surface area contributed by atoms with Gasteiger partial charge >= 0.3 is 6.47 Å². The highest BCUT2D eigenvalue weighted by Crippen LogP contribution is 2.38. The van der Waals surface area contributed by atoms with Crippen LogP contribution in [-0.4, -0.2) is 13.1 Å². The summed E-state index contributed by atoms with van der Waals surface area (Å²) < 4.78 is 4.59. The molecule has 0 saturated heterocycles. The third-order valence-corrected chi connectivity index (χ3v) is 4.45. The topological polar surface area (TPSA) is 26.3 Å². The van der Waals surface area contributed by atoms with Gasteiger partial charge in [0.25, 0.3) is 0 Å². The second-order valence-corrected chi connectivity index (χ2v) is 5.87. The van der Waals surface area contributed by atoms with E-state index < -0.39 is 0 Å². The van der Waals surface area contributed by atoms with Gasteiger partial charge in [0.1, 0.15) is 0 Å². The average molecular weight is 293 g/mol. The highest BCUT2D eigenvalue weighted by atomic mass is 16.5. The average Bonchev–Trinajstić information content (AvgIpc) is 2.93. The Bertz CT molecular complexity index is 646. The summed E-state index contributed by atoms with van der Waals surface area (Å²) in [4.78, 5) is 9.93. The first-order chi connectivity index (χ1) is 10.9. The van der Waals surface area contributed by atoms with Crippen molar-refractivity contribution in [1.82, 2.24) is 0 Å². The molecule has 1 aliphatic carbocycles. The number of aryl methyl sites for hydroxylation is 1. The first-order valence-corrected chi connectivity index (χ1v) is 8.08. The first kappa shape index (κ1) is 14.8. The van der Waals surface area contributed by atoms with Crippen LogP contribution in [0.3, 0.4) is 0 Å². The van der Waals surface area contributed by atoms with Crippen molar-refractivity contribution in [1.29, 1.82) is 0 Å². The molecule has 0 N–H and O–H groups in total. The molecule has 1 radical (unpaired) electrons. The van der Waals surface area contributed by atoms with Gasteiger partial charge in [0.05, 0.1) is 6.61 Å². The molecule has 0 fully saturated rings. The molecular formula is C20H21O2. The zero-order chi connectivity index (χ0) is 15.2. The van der Waals surface area contributed by atoms with E-state index in [0.29, 0.717) is 6.61 Å². The summed E-state index contributed by atoms with van der Waals surface area (Å²) in [6, 6.07) is 15.4. The molecule has 0 saturated carbocycles. The summed E-state index contributed by atoms with van der Waals surface area (Å²) in [6.45, 7) is 1.97. The Morgan fingerprint density at radius 1 is 0.909 bits per heavy atom. The SMILES string of the molecule is O=[C]OCCCCCCc1cccc2c1Cc1ccccc1-2. The molecule has 1 aliphatic rings. The van der Waals surface area contributed by atoms with Gasteiger partial charge < -0.3 is 4.74 Å². The first-order valence-electron chi connectivity index (χ1n) is 8.08. The summed E-state index contributed by atoms with van der Waals surface area (Å²) in [5, 5.41) is 0. The van der Waals surface area contributed by atoms with Crippen molar-refractivity contribution in [2.45, 2.75) is 38.5 Å². The van der Waals surface area contributed by atoms with E-state index in [9.17, 15) is 4.79 Å². The minimum Gasteiger partial charge on any atom is -0.457 e. The van der Waals surface area contributed by atoms with E-state index in [0.717, 1.165) is 25.7 Å². The predicted molar refractivity (Wildman–Crippen MR) is 88.5 cm³/mol. The van der Waals surface area contributed by atoms with Crippen LogP contribution in [0, 0.1) is 0 Å². The Morgan fingerprint density at radius 2 is 1.73 bits per heavy atom. The molecule has 0 spiro atoms. The zero-order valence-electron chi connectivity index (χ0n) is 12.8. The molecule has 113 valence electrons. The van der Waals surface area contributed by atoms with E-state index in [4.69, 9.17) is 0 Å². The van der Waals surface area contributed by atoms with Crippen molar-refractivity contribution >= 4 is 6.47 Å². The highest BCUT2D eigenvalue weighted by Gasteiger charge is 2.19. The van der Waals surface area contributed by atoms with Crippen LogP contribution in [0.4, 0.5) is 0 Å². The van der Waals surface area contributed by atoms with Crippen molar-refractivity contribution in [2.24, 2.45) is 0 Å². The van der Waals surface area contributed by atoms with E-state index >= 15 is 0 Å². The van der Waals surface area contributed by atoms with Gasteiger partial charge in [-0.25, -0.2) is 4.79 Å². The van der Waals surface area contributed by atoms with Crippen molar-refractivity contribution < 1.29 is 9.53 Å². The fourth-order valence-electron chi connectivity index (χ4n) is 3.34. The fraction of sp³-hybridized carbons (Fsp3) is 0.350. The summed E-state index contributed by atoms with van der Waals surface area (Å²) >= 11 is 0. The number of rotatable bonds is 8. The third kappa shape index (κ3) is 3.22. The molecule has 2 heteroatoms. The molecule has 3 rings (SSSR count). The van der Waals surface area contributed by atoms with E-state index in [-0.39, 0.29) is 0 Å². The molecule has 0 unspecified atom stereocenters. The minimum atomic E-state index is 0.500. The molecule has 0 atom stereocenters. The Labute approximate surface area is 132 Å². The fourth-order valence-corrected chi connectivity index (χ4v) is 3.34. The minimum absolute atomic E-state index is 0.500. The van der Waals surface area contributed by atoms with Crippen LogP contribution < -0.4 is 0 Å². The summed E-state index contributed by atoms with van der Waals surface area (Å²) in [5.41, 5.74) is 7.28. The van der Waals surface area contributed by atoms with Crippen molar-refractivity contribution in [3.63, 3.8) is 0 Å². The van der Waals surface area contributed by atoms with E-state index in [1.807, 2.05) is 0 Å². The number of fused-ring (bicyclic) bond motifs is 3. The third-order valence-electron chi connectivity index (χ3n) is 4.45. The van der Waals surface area contributed by atoms with E-state index in [1.54, 1.807) is 0 Å². The summed E-state index contributed by atoms with van der Waals surface area (Å²) in [6.07, 6.45) is 6.63. The van der Waals surface area contributed by atoms with Gasteiger partial charge in [-0.2, -0.15) is 0 Å². The highest BCUT2D eigenvalue weighted by molar-refractivity contribution is 5.77. The lowest BCUT2D eigenvalue weighted by Crippen LogP contribution is -1.95. The maximum atomic E-state index is 9.93. The van der Waals surface area contributed by atoms with Gasteiger partial charge in [-0.05, 0) is 53.5 Å². The molecule has 2 nitrogen and oxygen atoms in total. The van der Waals surface area contributed by atoms with Gasteiger partial charge in [0, 0.05) is 0 Å². The van der Waals surface area contributed by atoms with Gasteiger partial charge in [0.2, 0.25) is 0 Å². The molecule has 0 aromatic heterocycles. The van der Waals surface area contributed by atoms with Crippen LogP contribution >= 0.6 is 0 Å². The molecule has 0 aliphatic heterocycles. The number of hydrogen-bond acceptors (Lipinski definition) is 2. The Kier molecular flexibility index (Phi) is 4.89. The molecule has 22 heavy (non-hydrogen) atoms. The van der Waals surface area contributed by atoms with Gasteiger partial charge in [-0.1, -0.05) is 55.3 Å². The monoisotopic (exact) mass is 293 g/mol. The normalized spacial score (nSPS) is 11.8. The number of unbranched alkanes of at least 4 members (excludes halogenated alkanes) is 3. The molecule has 2 aromatic rings. The standard InChI is InChI=1S/C20H21O2/c21-15-22-13-6-2-1-3-8-16-10-7-12-19-18-11-5-4-9-17(18)14-20(16)19/h4-5,7,9-12H,1-3,6,8,13-14H2. The van der Waals surface area contributed by atoms with Gasteiger partial charge in [0.15, 0.2) is 0 Å². The number of benzene rings is 2. The lowest BCUT2D eigenvalue weighted by molar-refractivity contribution is 0.269. The van der Waals surface area contributed by atoms with Crippen LogP contribution in [0.1, 0.15) is 42.4 Å². The van der Waals surface area contributed by atoms with Crippen molar-refractivity contribution in [3.05, 3.63) is 59.2 Å². The maximum Gasteiger partial charge on any atom is 0.417 e.